The van der Waals surface area contributed by atoms with E-state index in [4.69, 9.17) is 4.42 Å². The maximum atomic E-state index is 5.67. The first-order chi connectivity index (χ1) is 8.83. The van der Waals surface area contributed by atoms with E-state index in [1.165, 1.54) is 25.7 Å². The zero-order chi connectivity index (χ0) is 12.4. The molecule has 2 unspecified atom stereocenters. The van der Waals surface area contributed by atoms with Gasteiger partial charge in [-0.2, -0.15) is 4.98 Å². The SMILES string of the molecule is CC1CCCCC1CNc1nc2ccccc2o1. The summed E-state index contributed by atoms with van der Waals surface area (Å²) in [6.07, 6.45) is 5.44. The fourth-order valence-corrected chi connectivity index (χ4v) is 2.86. The van der Waals surface area contributed by atoms with Crippen LogP contribution >= 0.6 is 0 Å². The van der Waals surface area contributed by atoms with Crippen LogP contribution in [0.4, 0.5) is 6.01 Å². The Morgan fingerprint density at radius 1 is 1.28 bits per heavy atom. The van der Waals surface area contributed by atoms with Gasteiger partial charge in [0.25, 0.3) is 6.01 Å². The number of hydrogen-bond acceptors (Lipinski definition) is 3. The molecule has 1 saturated carbocycles. The number of para-hydroxylation sites is 2. The van der Waals surface area contributed by atoms with Crippen LogP contribution in [0.15, 0.2) is 28.7 Å². The Balaban J connectivity index is 1.65. The van der Waals surface area contributed by atoms with Gasteiger partial charge in [0, 0.05) is 6.54 Å². The fraction of sp³-hybridized carbons (Fsp3) is 0.533. The molecule has 1 aliphatic carbocycles. The summed E-state index contributed by atoms with van der Waals surface area (Å²) in [5.41, 5.74) is 1.79. The van der Waals surface area contributed by atoms with Gasteiger partial charge in [-0.3, -0.25) is 0 Å². The van der Waals surface area contributed by atoms with Crippen LogP contribution in [0.2, 0.25) is 0 Å². The summed E-state index contributed by atoms with van der Waals surface area (Å²) < 4.78 is 5.67. The van der Waals surface area contributed by atoms with Crippen molar-refractivity contribution in [1.82, 2.24) is 4.98 Å². The highest BCUT2D eigenvalue weighted by Crippen LogP contribution is 2.29. The number of hydrogen-bond donors (Lipinski definition) is 1. The zero-order valence-electron chi connectivity index (χ0n) is 10.9. The number of nitrogens with one attached hydrogen (secondary N) is 1. The fourth-order valence-electron chi connectivity index (χ4n) is 2.86. The van der Waals surface area contributed by atoms with E-state index in [1.807, 2.05) is 24.3 Å². The van der Waals surface area contributed by atoms with Crippen molar-refractivity contribution >= 4 is 17.1 Å². The van der Waals surface area contributed by atoms with Gasteiger partial charge in [0.1, 0.15) is 5.52 Å². The molecule has 1 aromatic carbocycles. The lowest BCUT2D eigenvalue weighted by Gasteiger charge is -2.28. The predicted octanol–water partition coefficient (Wildman–Crippen LogP) is 4.07. The largest absolute Gasteiger partial charge is 0.424 e. The Kier molecular flexibility index (Phi) is 3.22. The summed E-state index contributed by atoms with van der Waals surface area (Å²) in [4.78, 5) is 4.44. The third kappa shape index (κ3) is 2.35. The summed E-state index contributed by atoms with van der Waals surface area (Å²) >= 11 is 0. The van der Waals surface area contributed by atoms with Crippen LogP contribution in [-0.2, 0) is 0 Å². The Bertz CT molecular complexity index is 487. The number of benzene rings is 1. The normalized spacial score (nSPS) is 24.3. The van der Waals surface area contributed by atoms with Crippen LogP contribution < -0.4 is 5.32 Å². The van der Waals surface area contributed by atoms with Gasteiger partial charge < -0.3 is 9.73 Å². The highest BCUT2D eigenvalue weighted by Gasteiger charge is 2.21. The Hall–Kier alpha value is -1.51. The molecule has 3 rings (SSSR count). The molecule has 3 heteroatoms. The minimum atomic E-state index is 0.661. The monoisotopic (exact) mass is 244 g/mol. The minimum absolute atomic E-state index is 0.661. The van der Waals surface area contributed by atoms with E-state index < -0.39 is 0 Å². The van der Waals surface area contributed by atoms with Crippen molar-refractivity contribution < 1.29 is 4.42 Å². The molecule has 0 saturated heterocycles. The first kappa shape index (κ1) is 11.6. The molecular weight excluding hydrogens is 224 g/mol. The van der Waals surface area contributed by atoms with Crippen LogP contribution in [0.1, 0.15) is 32.6 Å². The molecule has 0 aliphatic heterocycles. The van der Waals surface area contributed by atoms with Gasteiger partial charge in [0.2, 0.25) is 0 Å². The first-order valence-corrected chi connectivity index (χ1v) is 6.92. The van der Waals surface area contributed by atoms with Gasteiger partial charge >= 0.3 is 0 Å². The lowest BCUT2D eigenvalue weighted by atomic mass is 9.80. The van der Waals surface area contributed by atoms with Gasteiger partial charge in [-0.15, -0.1) is 0 Å². The number of nitrogens with zero attached hydrogens (tertiary/aromatic N) is 1. The maximum absolute atomic E-state index is 5.67. The number of anilines is 1. The summed E-state index contributed by atoms with van der Waals surface area (Å²) in [7, 11) is 0. The minimum Gasteiger partial charge on any atom is -0.424 e. The molecule has 1 N–H and O–H groups in total. The van der Waals surface area contributed by atoms with Gasteiger partial charge in [0.15, 0.2) is 5.58 Å². The highest BCUT2D eigenvalue weighted by atomic mass is 16.4. The molecule has 1 fully saturated rings. The molecule has 1 heterocycles. The number of aromatic nitrogens is 1. The van der Waals surface area contributed by atoms with Crippen LogP contribution in [0.25, 0.3) is 11.1 Å². The Labute approximate surface area is 108 Å². The smallest absolute Gasteiger partial charge is 0.295 e. The van der Waals surface area contributed by atoms with E-state index in [-0.39, 0.29) is 0 Å². The van der Waals surface area contributed by atoms with Crippen LogP contribution in [-0.4, -0.2) is 11.5 Å². The van der Waals surface area contributed by atoms with Crippen molar-refractivity contribution in [2.24, 2.45) is 11.8 Å². The molecule has 18 heavy (non-hydrogen) atoms. The molecule has 0 spiro atoms. The van der Waals surface area contributed by atoms with Crippen molar-refractivity contribution in [2.75, 3.05) is 11.9 Å². The van der Waals surface area contributed by atoms with Crippen LogP contribution in [0.3, 0.4) is 0 Å². The molecule has 0 bridgehead atoms. The van der Waals surface area contributed by atoms with E-state index in [9.17, 15) is 0 Å². The number of rotatable bonds is 3. The Morgan fingerprint density at radius 2 is 2.11 bits per heavy atom. The summed E-state index contributed by atoms with van der Waals surface area (Å²) in [5.74, 6) is 1.57. The number of fused-ring (bicyclic) bond motifs is 1. The summed E-state index contributed by atoms with van der Waals surface area (Å²) in [6, 6.07) is 8.55. The quantitative estimate of drug-likeness (QED) is 0.884. The van der Waals surface area contributed by atoms with Crippen molar-refractivity contribution in [2.45, 2.75) is 32.6 Å². The topological polar surface area (TPSA) is 38.1 Å². The van der Waals surface area contributed by atoms with E-state index in [0.29, 0.717) is 6.01 Å². The first-order valence-electron chi connectivity index (χ1n) is 6.92. The highest BCUT2D eigenvalue weighted by molar-refractivity contribution is 5.74. The molecule has 1 aliphatic rings. The summed E-state index contributed by atoms with van der Waals surface area (Å²) in [6.45, 7) is 3.34. The average Bonchev–Trinajstić information content (AvgIpc) is 2.80. The number of oxazole rings is 1. The van der Waals surface area contributed by atoms with Crippen molar-refractivity contribution in [1.29, 1.82) is 0 Å². The molecule has 2 aromatic rings. The van der Waals surface area contributed by atoms with Crippen molar-refractivity contribution in [3.8, 4) is 0 Å². The lowest BCUT2D eigenvalue weighted by Crippen LogP contribution is -2.24. The van der Waals surface area contributed by atoms with Crippen molar-refractivity contribution in [3.05, 3.63) is 24.3 Å². The van der Waals surface area contributed by atoms with Gasteiger partial charge in [-0.1, -0.05) is 38.3 Å². The lowest BCUT2D eigenvalue weighted by molar-refractivity contribution is 0.267. The second-order valence-electron chi connectivity index (χ2n) is 5.39. The van der Waals surface area contributed by atoms with Gasteiger partial charge in [-0.25, -0.2) is 0 Å². The van der Waals surface area contributed by atoms with Crippen LogP contribution in [0, 0.1) is 11.8 Å². The molecule has 2 atom stereocenters. The molecule has 0 amide bonds. The molecule has 0 radical (unpaired) electrons. The standard InChI is InChI=1S/C15H20N2O/c1-11-6-2-3-7-12(11)10-16-15-17-13-8-4-5-9-14(13)18-15/h4-5,8-9,11-12H,2-3,6-7,10H2,1H3,(H,16,17). The van der Waals surface area contributed by atoms with Gasteiger partial charge in [0.05, 0.1) is 0 Å². The molecule has 1 aromatic heterocycles. The predicted molar refractivity (Wildman–Crippen MR) is 73.6 cm³/mol. The second kappa shape index (κ2) is 5.01. The van der Waals surface area contributed by atoms with Gasteiger partial charge in [-0.05, 0) is 30.4 Å². The average molecular weight is 244 g/mol. The second-order valence-corrected chi connectivity index (χ2v) is 5.39. The van der Waals surface area contributed by atoms with E-state index in [0.717, 1.165) is 29.5 Å². The summed E-state index contributed by atoms with van der Waals surface area (Å²) in [5, 5.41) is 3.36. The Morgan fingerprint density at radius 3 is 2.94 bits per heavy atom. The van der Waals surface area contributed by atoms with Crippen molar-refractivity contribution in [3.63, 3.8) is 0 Å². The van der Waals surface area contributed by atoms with Crippen LogP contribution in [0.5, 0.6) is 0 Å². The van der Waals surface area contributed by atoms with E-state index in [2.05, 4.69) is 17.2 Å². The molecular formula is C15H20N2O. The third-order valence-corrected chi connectivity index (χ3v) is 4.10. The van der Waals surface area contributed by atoms with E-state index >= 15 is 0 Å². The maximum Gasteiger partial charge on any atom is 0.295 e. The molecule has 3 nitrogen and oxygen atoms in total. The molecule has 96 valence electrons. The zero-order valence-corrected chi connectivity index (χ0v) is 10.9. The van der Waals surface area contributed by atoms with E-state index in [1.54, 1.807) is 0 Å². The third-order valence-electron chi connectivity index (χ3n) is 4.10.